The molecule has 0 fully saturated rings. The lowest BCUT2D eigenvalue weighted by atomic mass is 10.2. The highest BCUT2D eigenvalue weighted by atomic mass is 79.9. The molecular formula is C13H12BrN3O. The van der Waals surface area contributed by atoms with Crippen molar-refractivity contribution < 1.29 is 4.79 Å². The normalized spacial score (nSPS) is 9.89. The Morgan fingerprint density at radius 1 is 1.17 bits per heavy atom. The van der Waals surface area contributed by atoms with Crippen LogP contribution in [-0.4, -0.2) is 17.9 Å². The average molecular weight is 306 g/mol. The fourth-order valence-corrected chi connectivity index (χ4v) is 1.70. The Labute approximate surface area is 114 Å². The van der Waals surface area contributed by atoms with Crippen LogP contribution in [0, 0.1) is 0 Å². The topological polar surface area (TPSA) is 54.0 Å². The second-order valence-electron chi connectivity index (χ2n) is 3.64. The summed E-state index contributed by atoms with van der Waals surface area (Å²) >= 11 is 3.34. The van der Waals surface area contributed by atoms with E-state index in [1.165, 1.54) is 0 Å². The van der Waals surface area contributed by atoms with Crippen LogP contribution in [0.3, 0.4) is 0 Å². The molecule has 0 aliphatic rings. The van der Waals surface area contributed by atoms with Crippen LogP contribution in [0.25, 0.3) is 0 Å². The van der Waals surface area contributed by atoms with Crippen LogP contribution < -0.4 is 10.6 Å². The highest BCUT2D eigenvalue weighted by Gasteiger charge is 2.07. The summed E-state index contributed by atoms with van der Waals surface area (Å²) in [7, 11) is 1.80. The second-order valence-corrected chi connectivity index (χ2v) is 4.56. The second kappa shape index (κ2) is 5.64. The molecule has 0 saturated heterocycles. The number of hydrogen-bond donors (Lipinski definition) is 2. The van der Waals surface area contributed by atoms with E-state index in [-0.39, 0.29) is 5.91 Å². The van der Waals surface area contributed by atoms with Gasteiger partial charge in [0.1, 0.15) is 5.69 Å². The largest absolute Gasteiger partial charge is 0.388 e. The summed E-state index contributed by atoms with van der Waals surface area (Å²) in [6.07, 6.45) is 1.60. The summed E-state index contributed by atoms with van der Waals surface area (Å²) in [4.78, 5) is 16.0. The highest BCUT2D eigenvalue weighted by Crippen LogP contribution is 2.15. The molecule has 18 heavy (non-hydrogen) atoms. The molecule has 4 nitrogen and oxygen atoms in total. The molecule has 1 heterocycles. The zero-order valence-corrected chi connectivity index (χ0v) is 11.4. The van der Waals surface area contributed by atoms with Crippen LogP contribution in [0.2, 0.25) is 0 Å². The predicted molar refractivity (Wildman–Crippen MR) is 75.9 cm³/mol. The Kier molecular flexibility index (Phi) is 3.94. The quantitative estimate of drug-likeness (QED) is 0.916. The molecule has 0 spiro atoms. The maximum Gasteiger partial charge on any atom is 0.274 e. The summed E-state index contributed by atoms with van der Waals surface area (Å²) in [5.41, 5.74) is 1.97. The molecule has 2 aromatic rings. The number of nitrogens with zero attached hydrogens (tertiary/aromatic N) is 1. The Morgan fingerprint density at radius 3 is 2.56 bits per heavy atom. The number of rotatable bonds is 3. The van der Waals surface area contributed by atoms with Gasteiger partial charge in [-0.25, -0.2) is 0 Å². The molecule has 5 heteroatoms. The Hall–Kier alpha value is -1.88. The Balaban J connectivity index is 2.14. The molecule has 0 bridgehead atoms. The maximum atomic E-state index is 12.0. The first-order valence-corrected chi connectivity index (χ1v) is 6.19. The number of carbonyl (C=O) groups is 1. The van der Waals surface area contributed by atoms with Gasteiger partial charge in [0.15, 0.2) is 0 Å². The van der Waals surface area contributed by atoms with Crippen LogP contribution in [-0.2, 0) is 0 Å². The van der Waals surface area contributed by atoms with E-state index in [0.29, 0.717) is 5.69 Å². The third kappa shape index (κ3) is 3.07. The van der Waals surface area contributed by atoms with Gasteiger partial charge in [-0.3, -0.25) is 9.78 Å². The van der Waals surface area contributed by atoms with E-state index >= 15 is 0 Å². The van der Waals surface area contributed by atoms with Gasteiger partial charge in [-0.05, 0) is 36.4 Å². The smallest absolute Gasteiger partial charge is 0.274 e. The van der Waals surface area contributed by atoms with E-state index in [4.69, 9.17) is 0 Å². The summed E-state index contributed by atoms with van der Waals surface area (Å²) in [5.74, 6) is -0.227. The average Bonchev–Trinajstić information content (AvgIpc) is 2.41. The molecule has 2 N–H and O–H groups in total. The number of pyridine rings is 1. The predicted octanol–water partition coefficient (Wildman–Crippen LogP) is 3.14. The van der Waals surface area contributed by atoms with Gasteiger partial charge in [-0.1, -0.05) is 15.9 Å². The number of benzene rings is 1. The number of halogens is 1. The van der Waals surface area contributed by atoms with Crippen LogP contribution in [0.15, 0.2) is 47.1 Å². The zero-order chi connectivity index (χ0) is 13.0. The van der Waals surface area contributed by atoms with Crippen molar-refractivity contribution in [1.82, 2.24) is 4.98 Å². The molecule has 1 aromatic heterocycles. The number of anilines is 2. The van der Waals surface area contributed by atoms with Crippen molar-refractivity contribution in [1.29, 1.82) is 0 Å². The van der Waals surface area contributed by atoms with Gasteiger partial charge in [0.05, 0.1) is 0 Å². The van der Waals surface area contributed by atoms with E-state index < -0.39 is 0 Å². The van der Waals surface area contributed by atoms with Crippen molar-refractivity contribution in [3.63, 3.8) is 0 Å². The van der Waals surface area contributed by atoms with Gasteiger partial charge in [0.25, 0.3) is 5.91 Å². The fraction of sp³-hybridized carbons (Fsp3) is 0.0769. The first-order chi connectivity index (χ1) is 8.69. The monoisotopic (exact) mass is 305 g/mol. The Morgan fingerprint density at radius 2 is 1.89 bits per heavy atom. The first-order valence-electron chi connectivity index (χ1n) is 5.40. The molecule has 0 radical (unpaired) electrons. The molecular weight excluding hydrogens is 294 g/mol. The summed E-state index contributed by atoms with van der Waals surface area (Å²) in [6, 6.07) is 10.9. The zero-order valence-electron chi connectivity index (χ0n) is 9.77. The molecule has 1 aromatic carbocycles. The number of carbonyl (C=O) groups excluding carboxylic acids is 1. The summed E-state index contributed by atoms with van der Waals surface area (Å²) in [5, 5.41) is 5.75. The van der Waals surface area contributed by atoms with E-state index in [9.17, 15) is 4.79 Å². The van der Waals surface area contributed by atoms with Gasteiger partial charge in [0, 0.05) is 29.1 Å². The standard InChI is InChI=1S/C13H12BrN3O/c1-15-11-6-7-16-12(8-11)13(18)17-10-4-2-9(14)3-5-10/h2-8H,1H3,(H,15,16)(H,17,18). The van der Waals surface area contributed by atoms with Crippen LogP contribution in [0.1, 0.15) is 10.5 Å². The van der Waals surface area contributed by atoms with Crippen LogP contribution >= 0.6 is 15.9 Å². The first kappa shape index (κ1) is 12.6. The number of nitrogens with one attached hydrogen (secondary N) is 2. The van der Waals surface area contributed by atoms with E-state index in [0.717, 1.165) is 15.8 Å². The van der Waals surface area contributed by atoms with Gasteiger partial charge in [-0.2, -0.15) is 0 Å². The lowest BCUT2D eigenvalue weighted by Gasteiger charge is -2.06. The Bertz CT molecular complexity index is 554. The van der Waals surface area contributed by atoms with Gasteiger partial charge in [-0.15, -0.1) is 0 Å². The van der Waals surface area contributed by atoms with E-state index in [1.54, 1.807) is 25.4 Å². The SMILES string of the molecule is CNc1ccnc(C(=O)Nc2ccc(Br)cc2)c1. The maximum absolute atomic E-state index is 12.0. The van der Waals surface area contributed by atoms with Crippen molar-refractivity contribution >= 4 is 33.2 Å². The molecule has 0 atom stereocenters. The minimum Gasteiger partial charge on any atom is -0.388 e. The van der Waals surface area contributed by atoms with Crippen molar-refractivity contribution in [2.24, 2.45) is 0 Å². The molecule has 0 unspecified atom stereocenters. The number of amides is 1. The van der Waals surface area contributed by atoms with Gasteiger partial charge >= 0.3 is 0 Å². The fourth-order valence-electron chi connectivity index (χ4n) is 1.44. The molecule has 92 valence electrons. The van der Waals surface area contributed by atoms with E-state index in [2.05, 4.69) is 31.5 Å². The third-order valence-electron chi connectivity index (χ3n) is 2.38. The lowest BCUT2D eigenvalue weighted by molar-refractivity contribution is 0.102. The molecule has 0 aliphatic heterocycles. The van der Waals surface area contributed by atoms with E-state index in [1.807, 2.05) is 24.3 Å². The molecule has 1 amide bonds. The summed E-state index contributed by atoms with van der Waals surface area (Å²) in [6.45, 7) is 0. The van der Waals surface area contributed by atoms with Crippen molar-refractivity contribution in [3.8, 4) is 0 Å². The van der Waals surface area contributed by atoms with Gasteiger partial charge in [0.2, 0.25) is 0 Å². The lowest BCUT2D eigenvalue weighted by Crippen LogP contribution is -2.13. The van der Waals surface area contributed by atoms with Crippen molar-refractivity contribution in [2.75, 3.05) is 17.7 Å². The van der Waals surface area contributed by atoms with Crippen molar-refractivity contribution in [3.05, 3.63) is 52.8 Å². The molecule has 0 saturated carbocycles. The number of hydrogen-bond acceptors (Lipinski definition) is 3. The molecule has 2 rings (SSSR count). The minimum absolute atomic E-state index is 0.227. The van der Waals surface area contributed by atoms with Crippen LogP contribution in [0.5, 0.6) is 0 Å². The van der Waals surface area contributed by atoms with Crippen molar-refractivity contribution in [2.45, 2.75) is 0 Å². The third-order valence-corrected chi connectivity index (χ3v) is 2.91. The van der Waals surface area contributed by atoms with Crippen LogP contribution in [0.4, 0.5) is 11.4 Å². The highest BCUT2D eigenvalue weighted by molar-refractivity contribution is 9.10. The summed E-state index contributed by atoms with van der Waals surface area (Å²) < 4.78 is 0.968. The number of aromatic nitrogens is 1. The molecule has 0 aliphatic carbocycles. The minimum atomic E-state index is -0.227. The van der Waals surface area contributed by atoms with Gasteiger partial charge < -0.3 is 10.6 Å².